The van der Waals surface area contributed by atoms with E-state index in [1.807, 2.05) is 24.6 Å². The van der Waals surface area contributed by atoms with Gasteiger partial charge < -0.3 is 5.32 Å². The standard InChI is InChI=1S/C14H12FN3S2/c1-16-13-9-6-7-19-14(9)18-12(17-13)8-20-11-5-3-2-4-10(11)15/h2-7H,8H2,1H3,(H,16,17,18). The predicted octanol–water partition coefficient (Wildman–Crippen LogP) is 4.16. The van der Waals surface area contributed by atoms with Crippen LogP contribution in [0.15, 0.2) is 40.6 Å². The van der Waals surface area contributed by atoms with Gasteiger partial charge in [0.2, 0.25) is 0 Å². The van der Waals surface area contributed by atoms with Gasteiger partial charge in [-0.25, -0.2) is 14.4 Å². The largest absolute Gasteiger partial charge is 0.372 e. The lowest BCUT2D eigenvalue weighted by Gasteiger charge is -2.06. The van der Waals surface area contributed by atoms with Crippen LogP contribution in [0.2, 0.25) is 0 Å². The molecule has 0 atom stereocenters. The number of thiophene rings is 1. The van der Waals surface area contributed by atoms with Crippen molar-refractivity contribution < 1.29 is 4.39 Å². The Labute approximate surface area is 124 Å². The Morgan fingerprint density at radius 2 is 2.10 bits per heavy atom. The molecule has 0 saturated carbocycles. The highest BCUT2D eigenvalue weighted by Gasteiger charge is 2.09. The van der Waals surface area contributed by atoms with E-state index in [9.17, 15) is 4.39 Å². The van der Waals surface area contributed by atoms with Crippen LogP contribution in [0, 0.1) is 5.82 Å². The van der Waals surface area contributed by atoms with Gasteiger partial charge in [-0.2, -0.15) is 0 Å². The number of nitrogens with zero attached hydrogens (tertiary/aromatic N) is 2. The highest BCUT2D eigenvalue weighted by atomic mass is 32.2. The number of aromatic nitrogens is 2. The molecular formula is C14H12FN3S2. The SMILES string of the molecule is CNc1nc(CSc2ccccc2F)nc2sccc12. The van der Waals surface area contributed by atoms with Crippen molar-refractivity contribution in [3.63, 3.8) is 0 Å². The van der Waals surface area contributed by atoms with E-state index in [2.05, 4.69) is 15.3 Å². The fourth-order valence-corrected chi connectivity index (χ4v) is 3.44. The zero-order valence-corrected chi connectivity index (χ0v) is 12.4. The normalized spacial score (nSPS) is 10.9. The second-order valence-electron chi connectivity index (χ2n) is 4.10. The summed E-state index contributed by atoms with van der Waals surface area (Å²) < 4.78 is 13.6. The topological polar surface area (TPSA) is 37.8 Å². The zero-order chi connectivity index (χ0) is 13.9. The van der Waals surface area contributed by atoms with Crippen molar-refractivity contribution in [3.05, 3.63) is 47.4 Å². The first kappa shape index (κ1) is 13.3. The lowest BCUT2D eigenvalue weighted by molar-refractivity contribution is 0.602. The van der Waals surface area contributed by atoms with Crippen LogP contribution in [0.1, 0.15) is 5.82 Å². The quantitative estimate of drug-likeness (QED) is 0.734. The van der Waals surface area contributed by atoms with Gasteiger partial charge in [-0.3, -0.25) is 0 Å². The molecule has 2 aromatic heterocycles. The van der Waals surface area contributed by atoms with E-state index in [4.69, 9.17) is 0 Å². The van der Waals surface area contributed by atoms with Crippen molar-refractivity contribution in [2.24, 2.45) is 0 Å². The third-order valence-corrected chi connectivity index (χ3v) is 4.65. The first-order valence-electron chi connectivity index (χ1n) is 6.07. The molecule has 0 amide bonds. The van der Waals surface area contributed by atoms with Gasteiger partial charge in [-0.1, -0.05) is 12.1 Å². The molecule has 0 radical (unpaired) electrons. The molecule has 0 spiro atoms. The molecule has 1 aromatic carbocycles. The summed E-state index contributed by atoms with van der Waals surface area (Å²) in [7, 11) is 1.84. The molecule has 0 bridgehead atoms. The molecule has 0 fully saturated rings. The average Bonchev–Trinajstić information content (AvgIpc) is 2.94. The zero-order valence-electron chi connectivity index (χ0n) is 10.8. The van der Waals surface area contributed by atoms with Crippen LogP contribution in [-0.2, 0) is 5.75 Å². The lowest BCUT2D eigenvalue weighted by atomic mass is 10.3. The maximum atomic E-state index is 13.6. The number of benzene rings is 1. The fourth-order valence-electron chi connectivity index (χ4n) is 1.86. The number of anilines is 1. The van der Waals surface area contributed by atoms with Crippen LogP contribution in [0.4, 0.5) is 10.2 Å². The van der Waals surface area contributed by atoms with Gasteiger partial charge in [-0.15, -0.1) is 23.1 Å². The molecule has 0 aliphatic rings. The molecule has 3 aromatic rings. The molecule has 0 saturated heterocycles. The van der Waals surface area contributed by atoms with Crippen molar-refractivity contribution in [3.8, 4) is 0 Å². The fraction of sp³-hybridized carbons (Fsp3) is 0.143. The molecule has 1 N–H and O–H groups in total. The predicted molar refractivity (Wildman–Crippen MR) is 82.9 cm³/mol. The minimum Gasteiger partial charge on any atom is -0.372 e. The summed E-state index contributed by atoms with van der Waals surface area (Å²) in [5, 5.41) is 6.10. The Morgan fingerprint density at radius 3 is 2.90 bits per heavy atom. The molecule has 0 aliphatic carbocycles. The van der Waals surface area contributed by atoms with Gasteiger partial charge in [0.15, 0.2) is 0 Å². The molecule has 3 rings (SSSR count). The van der Waals surface area contributed by atoms with Crippen molar-refractivity contribution in [2.45, 2.75) is 10.6 Å². The van der Waals surface area contributed by atoms with Crippen LogP contribution in [0.3, 0.4) is 0 Å². The van der Waals surface area contributed by atoms with Crippen LogP contribution < -0.4 is 5.32 Å². The summed E-state index contributed by atoms with van der Waals surface area (Å²) in [6.07, 6.45) is 0. The Morgan fingerprint density at radius 1 is 1.25 bits per heavy atom. The molecular weight excluding hydrogens is 293 g/mol. The van der Waals surface area contributed by atoms with E-state index >= 15 is 0 Å². The molecule has 20 heavy (non-hydrogen) atoms. The number of nitrogens with one attached hydrogen (secondary N) is 1. The highest BCUT2D eigenvalue weighted by Crippen LogP contribution is 2.28. The van der Waals surface area contributed by atoms with Crippen LogP contribution in [0.5, 0.6) is 0 Å². The summed E-state index contributed by atoms with van der Waals surface area (Å²) in [5.41, 5.74) is 0. The Balaban J connectivity index is 1.86. The van der Waals surface area contributed by atoms with E-state index in [-0.39, 0.29) is 5.82 Å². The monoisotopic (exact) mass is 305 g/mol. The highest BCUT2D eigenvalue weighted by molar-refractivity contribution is 7.98. The Hall–Kier alpha value is -1.66. The van der Waals surface area contributed by atoms with Gasteiger partial charge >= 0.3 is 0 Å². The molecule has 0 aliphatic heterocycles. The van der Waals surface area contributed by atoms with Crippen molar-refractivity contribution in [2.75, 3.05) is 12.4 Å². The third kappa shape index (κ3) is 2.62. The summed E-state index contributed by atoms with van der Waals surface area (Å²) in [4.78, 5) is 10.6. The molecule has 6 heteroatoms. The summed E-state index contributed by atoms with van der Waals surface area (Å²) in [6.45, 7) is 0. The summed E-state index contributed by atoms with van der Waals surface area (Å²) >= 11 is 2.99. The maximum absolute atomic E-state index is 13.6. The molecule has 102 valence electrons. The van der Waals surface area contributed by atoms with E-state index in [0.717, 1.165) is 16.0 Å². The van der Waals surface area contributed by atoms with Crippen LogP contribution in [-0.4, -0.2) is 17.0 Å². The van der Waals surface area contributed by atoms with Crippen LogP contribution in [0.25, 0.3) is 10.2 Å². The maximum Gasteiger partial charge on any atom is 0.142 e. The number of rotatable bonds is 4. The number of halogens is 1. The molecule has 2 heterocycles. The van der Waals surface area contributed by atoms with Crippen molar-refractivity contribution >= 4 is 39.1 Å². The van der Waals surface area contributed by atoms with Gasteiger partial charge in [0.05, 0.1) is 11.1 Å². The van der Waals surface area contributed by atoms with Crippen molar-refractivity contribution in [1.29, 1.82) is 0 Å². The van der Waals surface area contributed by atoms with E-state index in [1.165, 1.54) is 17.8 Å². The Bertz CT molecular complexity index is 742. The third-order valence-electron chi connectivity index (χ3n) is 2.80. The summed E-state index contributed by atoms with van der Waals surface area (Å²) in [5.74, 6) is 1.87. The van der Waals surface area contributed by atoms with E-state index in [1.54, 1.807) is 23.5 Å². The van der Waals surface area contributed by atoms with Gasteiger partial charge in [-0.05, 0) is 23.6 Å². The number of hydrogen-bond acceptors (Lipinski definition) is 5. The number of thioether (sulfide) groups is 1. The van der Waals surface area contributed by atoms with Crippen LogP contribution >= 0.6 is 23.1 Å². The molecule has 0 unspecified atom stereocenters. The smallest absolute Gasteiger partial charge is 0.142 e. The van der Waals surface area contributed by atoms with Crippen molar-refractivity contribution in [1.82, 2.24) is 9.97 Å². The lowest BCUT2D eigenvalue weighted by Crippen LogP contribution is -1.99. The van der Waals surface area contributed by atoms with Gasteiger partial charge in [0.25, 0.3) is 0 Å². The number of hydrogen-bond donors (Lipinski definition) is 1. The van der Waals surface area contributed by atoms with Gasteiger partial charge in [0, 0.05) is 11.9 Å². The number of fused-ring (bicyclic) bond motifs is 1. The Kier molecular flexibility index (Phi) is 3.84. The second-order valence-corrected chi connectivity index (χ2v) is 6.01. The minimum atomic E-state index is -0.205. The van der Waals surface area contributed by atoms with Gasteiger partial charge in [0.1, 0.15) is 22.3 Å². The van der Waals surface area contributed by atoms with E-state index in [0.29, 0.717) is 16.5 Å². The minimum absolute atomic E-state index is 0.205. The average molecular weight is 305 g/mol. The molecule has 3 nitrogen and oxygen atoms in total. The first-order valence-corrected chi connectivity index (χ1v) is 7.93. The summed E-state index contributed by atoms with van der Waals surface area (Å²) in [6, 6.07) is 8.74. The second kappa shape index (κ2) is 5.76. The van der Waals surface area contributed by atoms with E-state index < -0.39 is 0 Å². The first-order chi connectivity index (χ1) is 9.78.